The molecule has 3 rings (SSSR count). The third kappa shape index (κ3) is 2.75. The molecule has 6 nitrogen and oxygen atoms in total. The van der Waals surface area contributed by atoms with Crippen molar-refractivity contribution in [1.82, 2.24) is 24.8 Å². The largest absolute Gasteiger partial charge is 0.378 e. The minimum absolute atomic E-state index is 0.126. The normalized spacial score (nSPS) is 12.5. The van der Waals surface area contributed by atoms with Gasteiger partial charge in [0, 0.05) is 19.5 Å². The summed E-state index contributed by atoms with van der Waals surface area (Å²) in [5.74, 6) is -0.328. The van der Waals surface area contributed by atoms with E-state index in [1.807, 2.05) is 13.0 Å². The summed E-state index contributed by atoms with van der Waals surface area (Å²) >= 11 is 0. The van der Waals surface area contributed by atoms with Gasteiger partial charge in [0.25, 0.3) is 0 Å². The van der Waals surface area contributed by atoms with Crippen LogP contribution in [0.5, 0.6) is 0 Å². The van der Waals surface area contributed by atoms with Gasteiger partial charge >= 0.3 is 0 Å². The molecule has 0 saturated carbocycles. The quantitative estimate of drug-likeness (QED) is 0.726. The van der Waals surface area contributed by atoms with Gasteiger partial charge in [-0.1, -0.05) is 11.3 Å². The fourth-order valence-corrected chi connectivity index (χ4v) is 2.25. The molecule has 3 aromatic rings. The molecule has 1 aromatic carbocycles. The molecule has 0 amide bonds. The van der Waals surface area contributed by atoms with Crippen LogP contribution in [0.1, 0.15) is 24.2 Å². The Morgan fingerprint density at radius 1 is 1.36 bits per heavy atom. The lowest BCUT2D eigenvalue weighted by Gasteiger charge is -2.13. The first-order valence-corrected chi connectivity index (χ1v) is 6.88. The number of rotatable bonds is 5. The first kappa shape index (κ1) is 14.4. The van der Waals surface area contributed by atoms with Crippen LogP contribution in [0, 0.1) is 5.82 Å². The highest BCUT2D eigenvalue weighted by atomic mass is 19.1. The van der Waals surface area contributed by atoms with Gasteiger partial charge in [0.1, 0.15) is 17.2 Å². The zero-order valence-electron chi connectivity index (χ0n) is 12.3. The summed E-state index contributed by atoms with van der Waals surface area (Å²) in [5, 5.41) is 12.1. The standard InChI is InChI=1S/C15H16FN5O/c1-11(21-9-13(10-22-2)18-19-21)12-4-5-15(14(16)8-12)20-7-3-6-17-20/h3-9,11H,10H2,1-2H3/t11-/m1/s1. The molecular formula is C15H16FN5O. The summed E-state index contributed by atoms with van der Waals surface area (Å²) < 4.78 is 22.5. The molecule has 114 valence electrons. The Bertz CT molecular complexity index is 753. The van der Waals surface area contributed by atoms with Gasteiger partial charge < -0.3 is 4.74 Å². The second-order valence-corrected chi connectivity index (χ2v) is 4.96. The predicted octanol–water partition coefficient (Wildman–Crippen LogP) is 2.36. The average Bonchev–Trinajstić information content (AvgIpc) is 3.18. The van der Waals surface area contributed by atoms with Crippen molar-refractivity contribution in [2.45, 2.75) is 19.6 Å². The molecule has 0 bridgehead atoms. The molecule has 0 N–H and O–H groups in total. The molecule has 2 aromatic heterocycles. The van der Waals surface area contributed by atoms with Crippen LogP contribution in [0.2, 0.25) is 0 Å². The van der Waals surface area contributed by atoms with Crippen LogP contribution in [0.25, 0.3) is 5.69 Å². The molecule has 2 heterocycles. The van der Waals surface area contributed by atoms with Crippen molar-refractivity contribution >= 4 is 0 Å². The van der Waals surface area contributed by atoms with Gasteiger partial charge in [-0.2, -0.15) is 5.10 Å². The maximum Gasteiger partial charge on any atom is 0.149 e. The maximum absolute atomic E-state index is 14.3. The monoisotopic (exact) mass is 301 g/mol. The van der Waals surface area contributed by atoms with Crippen LogP contribution in [-0.2, 0) is 11.3 Å². The van der Waals surface area contributed by atoms with Crippen LogP contribution in [0.3, 0.4) is 0 Å². The van der Waals surface area contributed by atoms with Gasteiger partial charge in [-0.25, -0.2) is 13.8 Å². The molecular weight excluding hydrogens is 285 g/mol. The summed E-state index contributed by atoms with van der Waals surface area (Å²) in [6, 6.07) is 6.70. The van der Waals surface area contributed by atoms with Gasteiger partial charge in [0.05, 0.1) is 18.8 Å². The molecule has 1 atom stereocenters. The number of hydrogen-bond donors (Lipinski definition) is 0. The van der Waals surface area contributed by atoms with Gasteiger partial charge in [-0.05, 0) is 30.7 Å². The van der Waals surface area contributed by atoms with Crippen molar-refractivity contribution in [3.8, 4) is 5.69 Å². The molecule has 22 heavy (non-hydrogen) atoms. The lowest BCUT2D eigenvalue weighted by Crippen LogP contribution is -2.09. The second-order valence-electron chi connectivity index (χ2n) is 4.96. The van der Waals surface area contributed by atoms with E-state index in [1.54, 1.807) is 42.5 Å². The minimum Gasteiger partial charge on any atom is -0.378 e. The highest BCUT2D eigenvalue weighted by Gasteiger charge is 2.13. The van der Waals surface area contributed by atoms with E-state index >= 15 is 0 Å². The Morgan fingerprint density at radius 2 is 2.23 bits per heavy atom. The molecule has 7 heteroatoms. The molecule has 0 aliphatic carbocycles. The SMILES string of the molecule is COCc1cn([C@H](C)c2ccc(-n3cccn3)c(F)c2)nn1. The zero-order valence-corrected chi connectivity index (χ0v) is 12.3. The highest BCUT2D eigenvalue weighted by Crippen LogP contribution is 2.21. The summed E-state index contributed by atoms with van der Waals surface area (Å²) in [6.07, 6.45) is 5.12. The van der Waals surface area contributed by atoms with Gasteiger partial charge in [-0.3, -0.25) is 0 Å². The first-order valence-electron chi connectivity index (χ1n) is 6.88. The number of methoxy groups -OCH3 is 1. The number of hydrogen-bond acceptors (Lipinski definition) is 4. The van der Waals surface area contributed by atoms with Crippen molar-refractivity contribution in [2.24, 2.45) is 0 Å². The van der Waals surface area contributed by atoms with Crippen molar-refractivity contribution in [3.05, 3.63) is 59.9 Å². The lowest BCUT2D eigenvalue weighted by molar-refractivity contribution is 0.181. The Hall–Kier alpha value is -2.54. The number of benzene rings is 1. The maximum atomic E-state index is 14.3. The van der Waals surface area contributed by atoms with Crippen LogP contribution < -0.4 is 0 Å². The van der Waals surface area contributed by atoms with Crippen LogP contribution in [0.15, 0.2) is 42.9 Å². The molecule has 0 radical (unpaired) electrons. The summed E-state index contributed by atoms with van der Waals surface area (Å²) in [4.78, 5) is 0. The highest BCUT2D eigenvalue weighted by molar-refractivity contribution is 5.36. The smallest absolute Gasteiger partial charge is 0.149 e. The van der Waals surface area contributed by atoms with Crippen LogP contribution >= 0.6 is 0 Å². The fraction of sp³-hybridized carbons (Fsp3) is 0.267. The number of halogens is 1. The molecule has 0 unspecified atom stereocenters. The molecule has 0 aliphatic rings. The third-order valence-corrected chi connectivity index (χ3v) is 3.45. The van der Waals surface area contributed by atoms with Crippen molar-refractivity contribution < 1.29 is 9.13 Å². The summed E-state index contributed by atoms with van der Waals surface area (Å²) in [5.41, 5.74) is 1.96. The molecule has 0 saturated heterocycles. The number of nitrogens with zero attached hydrogens (tertiary/aromatic N) is 5. The summed E-state index contributed by atoms with van der Waals surface area (Å²) in [7, 11) is 1.60. The van der Waals surface area contributed by atoms with E-state index in [4.69, 9.17) is 4.74 Å². The van der Waals surface area contributed by atoms with Crippen LogP contribution in [-0.4, -0.2) is 31.9 Å². The molecule has 0 spiro atoms. The van der Waals surface area contributed by atoms with Crippen molar-refractivity contribution in [2.75, 3.05) is 7.11 Å². The number of ether oxygens (including phenoxy) is 1. The number of aromatic nitrogens is 5. The van der Waals surface area contributed by atoms with Gasteiger partial charge in [0.15, 0.2) is 0 Å². The fourth-order valence-electron chi connectivity index (χ4n) is 2.25. The van der Waals surface area contributed by atoms with E-state index in [9.17, 15) is 4.39 Å². The van der Waals surface area contributed by atoms with E-state index in [-0.39, 0.29) is 11.9 Å². The van der Waals surface area contributed by atoms with Gasteiger partial charge in [0.2, 0.25) is 0 Å². The topological polar surface area (TPSA) is 57.8 Å². The Labute approximate surface area is 127 Å². The molecule has 0 fully saturated rings. The third-order valence-electron chi connectivity index (χ3n) is 3.45. The molecule has 0 aliphatic heterocycles. The van der Waals surface area contributed by atoms with E-state index < -0.39 is 0 Å². The minimum atomic E-state index is -0.328. The predicted molar refractivity (Wildman–Crippen MR) is 78.1 cm³/mol. The van der Waals surface area contributed by atoms with Crippen molar-refractivity contribution in [3.63, 3.8) is 0 Å². The Balaban J connectivity index is 1.86. The lowest BCUT2D eigenvalue weighted by atomic mass is 10.1. The first-order chi connectivity index (χ1) is 10.7. The zero-order chi connectivity index (χ0) is 15.5. The average molecular weight is 301 g/mol. The van der Waals surface area contributed by atoms with E-state index in [0.717, 1.165) is 11.3 Å². The Kier molecular flexibility index (Phi) is 3.97. The van der Waals surface area contributed by atoms with E-state index in [0.29, 0.717) is 12.3 Å². The second kappa shape index (κ2) is 6.07. The van der Waals surface area contributed by atoms with E-state index in [1.165, 1.54) is 10.7 Å². The van der Waals surface area contributed by atoms with Crippen molar-refractivity contribution in [1.29, 1.82) is 0 Å². The van der Waals surface area contributed by atoms with Gasteiger partial charge in [-0.15, -0.1) is 5.10 Å². The Morgan fingerprint density at radius 3 is 2.91 bits per heavy atom. The van der Waals surface area contributed by atoms with E-state index in [2.05, 4.69) is 15.4 Å². The van der Waals surface area contributed by atoms with Crippen LogP contribution in [0.4, 0.5) is 4.39 Å². The summed E-state index contributed by atoms with van der Waals surface area (Å²) in [6.45, 7) is 2.34.